The van der Waals surface area contributed by atoms with E-state index in [9.17, 15) is 0 Å². The maximum absolute atomic E-state index is 3.76. The van der Waals surface area contributed by atoms with Crippen LogP contribution in [0.5, 0.6) is 0 Å². The molecule has 1 heterocycles. The number of nitrogens with one attached hydrogen (secondary N) is 1. The summed E-state index contributed by atoms with van der Waals surface area (Å²) < 4.78 is 0. The Kier molecular flexibility index (Phi) is 4.78. The highest BCUT2D eigenvalue weighted by molar-refractivity contribution is 4.92. The van der Waals surface area contributed by atoms with Crippen molar-refractivity contribution < 1.29 is 0 Å². The third-order valence-electron chi connectivity index (χ3n) is 5.33. The molecule has 0 aromatic heterocycles. The second kappa shape index (κ2) is 6.55. The van der Waals surface area contributed by atoms with Crippen molar-refractivity contribution in [3.05, 3.63) is 0 Å². The van der Waals surface area contributed by atoms with Gasteiger partial charge in [-0.15, -0.1) is 0 Å². The van der Waals surface area contributed by atoms with Gasteiger partial charge in [-0.05, 0) is 32.2 Å². The number of hydrogen-bond acceptors (Lipinski definition) is 3. The highest BCUT2D eigenvalue weighted by atomic mass is 15.3. The van der Waals surface area contributed by atoms with E-state index in [4.69, 9.17) is 0 Å². The van der Waals surface area contributed by atoms with Gasteiger partial charge in [-0.3, -0.25) is 9.80 Å². The fraction of sp³-hybridized carbons (Fsp3) is 1.00. The Morgan fingerprint density at radius 3 is 2.21 bits per heavy atom. The van der Waals surface area contributed by atoms with Crippen LogP contribution in [0, 0.1) is 0 Å². The van der Waals surface area contributed by atoms with E-state index in [1.165, 1.54) is 71.1 Å². The van der Waals surface area contributed by atoms with E-state index in [1.807, 2.05) is 0 Å². The second-order valence-corrected chi connectivity index (χ2v) is 6.67. The standard InChI is InChI=1S/C16H31N3/c1-2-17-15-6-4-3-5-7-16(15)19-12-10-18(11-13-19)14-8-9-14/h14-17H,2-13H2,1H3. The predicted octanol–water partition coefficient (Wildman–Crippen LogP) is 2.08. The lowest BCUT2D eigenvalue weighted by atomic mass is 10.00. The molecular weight excluding hydrogens is 234 g/mol. The van der Waals surface area contributed by atoms with E-state index in [2.05, 4.69) is 22.0 Å². The average Bonchev–Trinajstić information content (AvgIpc) is 3.27. The molecule has 3 fully saturated rings. The lowest BCUT2D eigenvalue weighted by Gasteiger charge is -2.42. The highest BCUT2D eigenvalue weighted by Gasteiger charge is 2.35. The molecule has 3 rings (SSSR count). The molecule has 2 unspecified atom stereocenters. The summed E-state index contributed by atoms with van der Waals surface area (Å²) in [6.07, 6.45) is 10.0. The first-order chi connectivity index (χ1) is 9.38. The van der Waals surface area contributed by atoms with Crippen LogP contribution in [0.25, 0.3) is 0 Å². The second-order valence-electron chi connectivity index (χ2n) is 6.67. The Morgan fingerprint density at radius 1 is 0.842 bits per heavy atom. The van der Waals surface area contributed by atoms with Crippen molar-refractivity contribution in [2.24, 2.45) is 0 Å². The highest BCUT2D eigenvalue weighted by Crippen LogP contribution is 2.29. The number of rotatable bonds is 4. The Balaban J connectivity index is 1.55. The molecule has 0 aromatic rings. The van der Waals surface area contributed by atoms with Crippen molar-refractivity contribution >= 4 is 0 Å². The molecule has 1 N–H and O–H groups in total. The summed E-state index contributed by atoms with van der Waals surface area (Å²) in [6, 6.07) is 2.52. The molecule has 1 saturated heterocycles. The minimum atomic E-state index is 0.750. The molecule has 3 aliphatic rings. The van der Waals surface area contributed by atoms with Gasteiger partial charge in [0.15, 0.2) is 0 Å². The van der Waals surface area contributed by atoms with Crippen LogP contribution in [0.3, 0.4) is 0 Å². The topological polar surface area (TPSA) is 18.5 Å². The largest absolute Gasteiger partial charge is 0.313 e. The fourth-order valence-corrected chi connectivity index (χ4v) is 4.10. The lowest BCUT2D eigenvalue weighted by molar-refractivity contribution is 0.0714. The first kappa shape index (κ1) is 13.8. The van der Waals surface area contributed by atoms with Gasteiger partial charge in [0.2, 0.25) is 0 Å². The van der Waals surface area contributed by atoms with Gasteiger partial charge in [0.25, 0.3) is 0 Å². The van der Waals surface area contributed by atoms with Crippen molar-refractivity contribution in [1.82, 2.24) is 15.1 Å². The third-order valence-corrected chi connectivity index (χ3v) is 5.33. The minimum Gasteiger partial charge on any atom is -0.313 e. The zero-order valence-electron chi connectivity index (χ0n) is 12.6. The van der Waals surface area contributed by atoms with Crippen LogP contribution < -0.4 is 5.32 Å². The van der Waals surface area contributed by atoms with Gasteiger partial charge in [0.1, 0.15) is 0 Å². The summed E-state index contributed by atoms with van der Waals surface area (Å²) in [6.45, 7) is 8.64. The van der Waals surface area contributed by atoms with Crippen molar-refractivity contribution in [1.29, 1.82) is 0 Å². The first-order valence-electron chi connectivity index (χ1n) is 8.60. The van der Waals surface area contributed by atoms with Gasteiger partial charge in [-0.2, -0.15) is 0 Å². The number of piperazine rings is 1. The summed E-state index contributed by atoms with van der Waals surface area (Å²) in [4.78, 5) is 5.53. The number of nitrogens with zero attached hydrogens (tertiary/aromatic N) is 2. The maximum atomic E-state index is 3.76. The zero-order chi connectivity index (χ0) is 13.1. The van der Waals surface area contributed by atoms with Gasteiger partial charge in [0, 0.05) is 44.3 Å². The number of hydrogen-bond donors (Lipinski definition) is 1. The normalized spacial score (nSPS) is 35.2. The molecular formula is C16H31N3. The third kappa shape index (κ3) is 3.50. The molecule has 3 nitrogen and oxygen atoms in total. The van der Waals surface area contributed by atoms with Gasteiger partial charge in [-0.1, -0.05) is 26.2 Å². The van der Waals surface area contributed by atoms with Crippen LogP contribution in [-0.4, -0.2) is 60.6 Å². The quantitative estimate of drug-likeness (QED) is 0.785. The van der Waals surface area contributed by atoms with Gasteiger partial charge >= 0.3 is 0 Å². The Morgan fingerprint density at radius 2 is 1.53 bits per heavy atom. The van der Waals surface area contributed by atoms with Crippen LogP contribution >= 0.6 is 0 Å². The van der Waals surface area contributed by atoms with Gasteiger partial charge < -0.3 is 5.32 Å². The van der Waals surface area contributed by atoms with E-state index in [1.54, 1.807) is 0 Å². The van der Waals surface area contributed by atoms with Crippen molar-refractivity contribution in [2.45, 2.75) is 70.0 Å². The van der Waals surface area contributed by atoms with E-state index >= 15 is 0 Å². The Labute approximate surface area is 118 Å². The molecule has 0 aromatic carbocycles. The van der Waals surface area contributed by atoms with Crippen LogP contribution in [-0.2, 0) is 0 Å². The van der Waals surface area contributed by atoms with Gasteiger partial charge in [0.05, 0.1) is 0 Å². The Bertz CT molecular complexity index is 269. The molecule has 0 amide bonds. The molecule has 2 atom stereocenters. The van der Waals surface area contributed by atoms with Crippen LogP contribution in [0.15, 0.2) is 0 Å². The molecule has 19 heavy (non-hydrogen) atoms. The minimum absolute atomic E-state index is 0.750. The van der Waals surface area contributed by atoms with E-state index in [-0.39, 0.29) is 0 Å². The molecule has 0 bridgehead atoms. The number of likely N-dealkylation sites (N-methyl/N-ethyl adjacent to an activating group) is 1. The van der Waals surface area contributed by atoms with Crippen LogP contribution in [0.1, 0.15) is 51.9 Å². The summed E-state index contributed by atoms with van der Waals surface area (Å²) in [5.74, 6) is 0. The monoisotopic (exact) mass is 265 g/mol. The van der Waals surface area contributed by atoms with Crippen molar-refractivity contribution in [3.8, 4) is 0 Å². The SMILES string of the molecule is CCNC1CCCCCC1N1CCN(C2CC2)CC1. The predicted molar refractivity (Wildman–Crippen MR) is 80.5 cm³/mol. The molecule has 1 aliphatic heterocycles. The lowest BCUT2D eigenvalue weighted by Crippen LogP contribution is -2.56. The summed E-state index contributed by atoms with van der Waals surface area (Å²) in [7, 11) is 0. The van der Waals surface area contributed by atoms with E-state index in [0.29, 0.717) is 0 Å². The molecule has 0 spiro atoms. The molecule has 110 valence electrons. The fourth-order valence-electron chi connectivity index (χ4n) is 4.10. The van der Waals surface area contributed by atoms with Crippen LogP contribution in [0.4, 0.5) is 0 Å². The first-order valence-corrected chi connectivity index (χ1v) is 8.60. The van der Waals surface area contributed by atoms with Crippen LogP contribution in [0.2, 0.25) is 0 Å². The Hall–Kier alpha value is -0.120. The summed E-state index contributed by atoms with van der Waals surface area (Å²) >= 11 is 0. The maximum Gasteiger partial charge on any atom is 0.0250 e. The summed E-state index contributed by atoms with van der Waals surface area (Å²) in [5.41, 5.74) is 0. The summed E-state index contributed by atoms with van der Waals surface area (Å²) in [5, 5.41) is 3.76. The average molecular weight is 265 g/mol. The van der Waals surface area contributed by atoms with Crippen molar-refractivity contribution in [3.63, 3.8) is 0 Å². The molecule has 2 saturated carbocycles. The zero-order valence-corrected chi connectivity index (χ0v) is 12.6. The molecule has 3 heteroatoms. The van der Waals surface area contributed by atoms with Gasteiger partial charge in [-0.25, -0.2) is 0 Å². The van der Waals surface area contributed by atoms with E-state index in [0.717, 1.165) is 24.7 Å². The van der Waals surface area contributed by atoms with Crippen molar-refractivity contribution in [2.75, 3.05) is 32.7 Å². The molecule has 0 radical (unpaired) electrons. The molecule has 2 aliphatic carbocycles. The van der Waals surface area contributed by atoms with E-state index < -0.39 is 0 Å². The smallest absolute Gasteiger partial charge is 0.0250 e.